The zero-order valence-electron chi connectivity index (χ0n) is 11.8. The van der Waals surface area contributed by atoms with Gasteiger partial charge < -0.3 is 4.98 Å². The lowest BCUT2D eigenvalue weighted by atomic mass is 9.93. The standard InChI is InChI=1S/C16H16N2O3S/c19-16(14-8-10-1-2-11(14)7-10)18-22(20,21)13-3-4-15-12(9-13)5-6-17-15/h1-6,9-11,14,17H,7-8H2,(H,18,19). The molecule has 1 aromatic carbocycles. The van der Waals surface area contributed by atoms with Gasteiger partial charge in [0.05, 0.1) is 4.90 Å². The van der Waals surface area contributed by atoms with E-state index in [2.05, 4.69) is 15.8 Å². The molecular formula is C16H16N2O3S. The maximum Gasteiger partial charge on any atom is 0.264 e. The summed E-state index contributed by atoms with van der Waals surface area (Å²) in [5.74, 6) is 0.0128. The number of rotatable bonds is 3. The van der Waals surface area contributed by atoms with Crippen molar-refractivity contribution in [1.29, 1.82) is 0 Å². The molecule has 3 atom stereocenters. The predicted molar refractivity (Wildman–Crippen MR) is 82.5 cm³/mol. The smallest absolute Gasteiger partial charge is 0.264 e. The van der Waals surface area contributed by atoms with Crippen molar-refractivity contribution in [2.45, 2.75) is 17.7 Å². The van der Waals surface area contributed by atoms with Gasteiger partial charge >= 0.3 is 0 Å². The highest BCUT2D eigenvalue weighted by molar-refractivity contribution is 7.90. The number of sulfonamides is 1. The van der Waals surface area contributed by atoms with Crippen LogP contribution >= 0.6 is 0 Å². The van der Waals surface area contributed by atoms with Gasteiger partial charge in [-0.3, -0.25) is 4.79 Å². The number of carbonyl (C=O) groups is 1. The Hall–Kier alpha value is -2.08. The van der Waals surface area contributed by atoms with Gasteiger partial charge in [0.2, 0.25) is 5.91 Å². The van der Waals surface area contributed by atoms with Crippen LogP contribution in [-0.4, -0.2) is 19.3 Å². The molecular weight excluding hydrogens is 300 g/mol. The quantitative estimate of drug-likeness (QED) is 0.852. The Morgan fingerprint density at radius 2 is 2.05 bits per heavy atom. The number of H-pyrrole nitrogens is 1. The van der Waals surface area contributed by atoms with Crippen LogP contribution in [-0.2, 0) is 14.8 Å². The molecule has 2 aliphatic rings. The zero-order chi connectivity index (χ0) is 15.3. The van der Waals surface area contributed by atoms with Crippen LogP contribution in [0.5, 0.6) is 0 Å². The van der Waals surface area contributed by atoms with Crippen LogP contribution in [0.4, 0.5) is 0 Å². The Morgan fingerprint density at radius 3 is 2.77 bits per heavy atom. The molecule has 3 unspecified atom stereocenters. The highest BCUT2D eigenvalue weighted by Gasteiger charge is 2.40. The van der Waals surface area contributed by atoms with Gasteiger partial charge in [0.1, 0.15) is 0 Å². The lowest BCUT2D eigenvalue weighted by molar-refractivity contribution is -0.123. The minimum Gasteiger partial charge on any atom is -0.361 e. The van der Waals surface area contributed by atoms with E-state index in [0.717, 1.165) is 23.7 Å². The number of hydrogen-bond acceptors (Lipinski definition) is 3. The molecule has 2 N–H and O–H groups in total. The number of nitrogens with one attached hydrogen (secondary N) is 2. The summed E-state index contributed by atoms with van der Waals surface area (Å²) in [5.41, 5.74) is 0.864. The van der Waals surface area contributed by atoms with Gasteiger partial charge in [-0.15, -0.1) is 0 Å². The minimum atomic E-state index is -3.82. The first-order valence-corrected chi connectivity index (χ1v) is 8.83. The Kier molecular flexibility index (Phi) is 2.91. The molecule has 0 spiro atoms. The molecule has 1 aromatic heterocycles. The normalized spacial score (nSPS) is 26.6. The van der Waals surface area contributed by atoms with Gasteiger partial charge in [-0.1, -0.05) is 12.2 Å². The van der Waals surface area contributed by atoms with E-state index in [4.69, 9.17) is 0 Å². The number of hydrogen-bond donors (Lipinski definition) is 2. The van der Waals surface area contributed by atoms with E-state index in [9.17, 15) is 13.2 Å². The van der Waals surface area contributed by atoms with Gasteiger partial charge in [0.25, 0.3) is 10.0 Å². The first kappa shape index (κ1) is 13.6. The summed E-state index contributed by atoms with van der Waals surface area (Å²) in [4.78, 5) is 15.4. The third-order valence-electron chi connectivity index (χ3n) is 4.69. The fourth-order valence-electron chi connectivity index (χ4n) is 3.55. The second kappa shape index (κ2) is 4.71. The summed E-state index contributed by atoms with van der Waals surface area (Å²) in [6.07, 6.45) is 7.63. The Labute approximate surface area is 128 Å². The van der Waals surface area contributed by atoms with Gasteiger partial charge in [0.15, 0.2) is 0 Å². The number of allylic oxidation sites excluding steroid dienone is 2. The van der Waals surface area contributed by atoms with E-state index in [-0.39, 0.29) is 22.6 Å². The molecule has 0 aliphatic heterocycles. The summed E-state index contributed by atoms with van der Waals surface area (Å²) < 4.78 is 27.1. The highest BCUT2D eigenvalue weighted by atomic mass is 32.2. The van der Waals surface area contributed by atoms with Crippen molar-refractivity contribution < 1.29 is 13.2 Å². The predicted octanol–water partition coefficient (Wildman–Crippen LogP) is 2.18. The molecule has 2 bridgehead atoms. The number of amides is 1. The highest BCUT2D eigenvalue weighted by Crippen LogP contribution is 2.43. The van der Waals surface area contributed by atoms with Crippen LogP contribution in [0.25, 0.3) is 10.9 Å². The van der Waals surface area contributed by atoms with Crippen molar-refractivity contribution in [3.05, 3.63) is 42.6 Å². The van der Waals surface area contributed by atoms with E-state index in [1.54, 1.807) is 24.4 Å². The van der Waals surface area contributed by atoms with Gasteiger partial charge in [-0.05, 0) is 48.9 Å². The van der Waals surface area contributed by atoms with Crippen molar-refractivity contribution in [2.75, 3.05) is 0 Å². The van der Waals surface area contributed by atoms with Crippen LogP contribution in [0.1, 0.15) is 12.8 Å². The van der Waals surface area contributed by atoms with Crippen molar-refractivity contribution in [3.8, 4) is 0 Å². The van der Waals surface area contributed by atoms with Gasteiger partial charge in [-0.2, -0.15) is 0 Å². The van der Waals surface area contributed by atoms with Crippen molar-refractivity contribution in [3.63, 3.8) is 0 Å². The van der Waals surface area contributed by atoms with Crippen LogP contribution < -0.4 is 4.72 Å². The van der Waals surface area contributed by atoms with Gasteiger partial charge in [0, 0.05) is 23.0 Å². The Bertz CT molecular complexity index is 882. The number of aromatic nitrogens is 1. The van der Waals surface area contributed by atoms with E-state index < -0.39 is 10.0 Å². The summed E-state index contributed by atoms with van der Waals surface area (Å²) >= 11 is 0. The van der Waals surface area contributed by atoms with Crippen LogP contribution in [0.3, 0.4) is 0 Å². The number of aromatic amines is 1. The fraction of sp³-hybridized carbons (Fsp3) is 0.312. The van der Waals surface area contributed by atoms with Crippen LogP contribution in [0, 0.1) is 17.8 Å². The van der Waals surface area contributed by atoms with E-state index in [0.29, 0.717) is 5.92 Å². The number of benzene rings is 1. The van der Waals surface area contributed by atoms with Crippen molar-refractivity contribution in [1.82, 2.24) is 9.71 Å². The second-order valence-corrected chi connectivity index (χ2v) is 7.77. The lowest BCUT2D eigenvalue weighted by Crippen LogP contribution is -2.37. The van der Waals surface area contributed by atoms with Gasteiger partial charge in [-0.25, -0.2) is 13.1 Å². The maximum absolute atomic E-state index is 12.4. The molecule has 1 heterocycles. The van der Waals surface area contributed by atoms with E-state index in [1.165, 1.54) is 6.07 Å². The molecule has 0 radical (unpaired) electrons. The molecule has 4 rings (SSSR count). The fourth-order valence-corrected chi connectivity index (χ4v) is 4.61. The molecule has 114 valence electrons. The number of carbonyl (C=O) groups excluding carboxylic acids is 1. The molecule has 22 heavy (non-hydrogen) atoms. The average molecular weight is 316 g/mol. The maximum atomic E-state index is 12.4. The molecule has 6 heteroatoms. The Morgan fingerprint density at radius 1 is 1.18 bits per heavy atom. The molecule has 5 nitrogen and oxygen atoms in total. The third kappa shape index (κ3) is 2.14. The summed E-state index contributed by atoms with van der Waals surface area (Å²) in [6.45, 7) is 0. The monoisotopic (exact) mass is 316 g/mol. The third-order valence-corrected chi connectivity index (χ3v) is 6.03. The van der Waals surface area contributed by atoms with E-state index in [1.807, 2.05) is 6.08 Å². The summed E-state index contributed by atoms with van der Waals surface area (Å²) in [5, 5.41) is 0.804. The number of fused-ring (bicyclic) bond motifs is 3. The van der Waals surface area contributed by atoms with E-state index >= 15 is 0 Å². The lowest BCUT2D eigenvalue weighted by Gasteiger charge is -2.17. The average Bonchev–Trinajstić information content (AvgIpc) is 3.21. The zero-order valence-corrected chi connectivity index (χ0v) is 12.6. The van der Waals surface area contributed by atoms with Crippen molar-refractivity contribution in [2.24, 2.45) is 17.8 Å². The molecule has 0 saturated heterocycles. The first-order valence-electron chi connectivity index (χ1n) is 7.35. The SMILES string of the molecule is O=C(NS(=O)(=O)c1ccc2[nH]ccc2c1)C1CC2C=CC1C2. The molecule has 1 amide bonds. The molecule has 2 aliphatic carbocycles. The van der Waals surface area contributed by atoms with Crippen LogP contribution in [0.2, 0.25) is 0 Å². The molecule has 1 saturated carbocycles. The second-order valence-electron chi connectivity index (χ2n) is 6.08. The summed E-state index contributed by atoms with van der Waals surface area (Å²) in [7, 11) is -3.82. The summed E-state index contributed by atoms with van der Waals surface area (Å²) in [6, 6.07) is 6.59. The molecule has 1 fully saturated rings. The Balaban J connectivity index is 1.58. The largest absolute Gasteiger partial charge is 0.361 e. The van der Waals surface area contributed by atoms with Crippen LogP contribution in [0.15, 0.2) is 47.5 Å². The first-order chi connectivity index (χ1) is 10.5. The molecule has 2 aromatic rings. The van der Waals surface area contributed by atoms with Crippen molar-refractivity contribution >= 4 is 26.8 Å². The topological polar surface area (TPSA) is 79.0 Å². The minimum absolute atomic E-state index is 0.117.